The molecule has 0 spiro atoms. The summed E-state index contributed by atoms with van der Waals surface area (Å²) in [5.41, 5.74) is 1.84. The van der Waals surface area contributed by atoms with E-state index in [-0.39, 0.29) is 28.7 Å². The van der Waals surface area contributed by atoms with Crippen LogP contribution in [0.4, 0.5) is 4.39 Å². The fraction of sp³-hybridized carbons (Fsp3) is 0.742. The molecule has 2 amide bonds. The molecule has 1 heterocycles. The van der Waals surface area contributed by atoms with Crippen LogP contribution in [-0.2, 0) is 22.7 Å². The minimum absolute atomic E-state index is 0.0459. The first-order chi connectivity index (χ1) is 17.8. The van der Waals surface area contributed by atoms with Crippen molar-refractivity contribution in [3.63, 3.8) is 0 Å². The second-order valence-corrected chi connectivity index (χ2v) is 14.5. The maximum absolute atomic E-state index is 13.9. The van der Waals surface area contributed by atoms with Gasteiger partial charge in [0.15, 0.2) is 0 Å². The summed E-state index contributed by atoms with van der Waals surface area (Å²) >= 11 is 0. The average molecular weight is 506 g/mol. The van der Waals surface area contributed by atoms with E-state index in [9.17, 15) is 14.0 Å². The lowest BCUT2D eigenvalue weighted by molar-refractivity contribution is -0.145. The summed E-state index contributed by atoms with van der Waals surface area (Å²) < 4.78 is 13.6. The van der Waals surface area contributed by atoms with Gasteiger partial charge in [0.2, 0.25) is 11.8 Å². The SMILES string of the molecule is O=C(NC12CC3CC(CC(NCC(=O)N4Cc5ccc(F)cc5C4)(C3)C1)C2)C1C2CC3CC(C2)CC1C3. The third kappa shape index (κ3) is 3.79. The van der Waals surface area contributed by atoms with E-state index < -0.39 is 0 Å². The van der Waals surface area contributed by atoms with Crippen molar-refractivity contribution in [3.05, 3.63) is 35.1 Å². The Hall–Kier alpha value is -1.95. The van der Waals surface area contributed by atoms with Gasteiger partial charge < -0.3 is 15.5 Å². The minimum atomic E-state index is -0.235. The number of nitrogens with zero attached hydrogens (tertiary/aromatic N) is 1. The van der Waals surface area contributed by atoms with Crippen LogP contribution in [0.2, 0.25) is 0 Å². The highest BCUT2D eigenvalue weighted by Crippen LogP contribution is 2.59. The highest BCUT2D eigenvalue weighted by atomic mass is 19.1. The number of hydrogen-bond donors (Lipinski definition) is 2. The van der Waals surface area contributed by atoms with Crippen molar-refractivity contribution < 1.29 is 14.0 Å². The zero-order valence-electron chi connectivity index (χ0n) is 21.8. The van der Waals surface area contributed by atoms with E-state index in [1.54, 1.807) is 12.1 Å². The van der Waals surface area contributed by atoms with E-state index in [4.69, 9.17) is 0 Å². The zero-order valence-corrected chi connectivity index (χ0v) is 21.8. The maximum Gasteiger partial charge on any atom is 0.237 e. The van der Waals surface area contributed by atoms with E-state index in [1.165, 1.54) is 44.6 Å². The van der Waals surface area contributed by atoms with Gasteiger partial charge in [-0.25, -0.2) is 4.39 Å². The van der Waals surface area contributed by atoms with Crippen LogP contribution in [0.25, 0.3) is 0 Å². The molecule has 0 radical (unpaired) electrons. The van der Waals surface area contributed by atoms with Crippen molar-refractivity contribution in [2.75, 3.05) is 6.54 Å². The molecule has 8 saturated carbocycles. The third-order valence-corrected chi connectivity index (χ3v) is 11.8. The van der Waals surface area contributed by atoms with Crippen LogP contribution in [0.3, 0.4) is 0 Å². The minimum Gasteiger partial charge on any atom is -0.350 e. The number of hydrogen-bond acceptors (Lipinski definition) is 3. The summed E-state index contributed by atoms with van der Waals surface area (Å²) in [4.78, 5) is 28.9. The summed E-state index contributed by atoms with van der Waals surface area (Å²) in [6.45, 7) is 1.40. The predicted octanol–water partition coefficient (Wildman–Crippen LogP) is 4.54. The molecule has 1 aliphatic heterocycles. The highest BCUT2D eigenvalue weighted by Gasteiger charge is 2.59. The molecule has 9 aliphatic rings. The number of nitrogens with one attached hydrogen (secondary N) is 2. The number of amides is 2. The summed E-state index contributed by atoms with van der Waals surface area (Å²) in [5, 5.41) is 7.48. The summed E-state index contributed by atoms with van der Waals surface area (Å²) in [6.07, 6.45) is 13.3. The number of carbonyl (C=O) groups is 2. The Kier molecular flexibility index (Phi) is 4.99. The summed E-state index contributed by atoms with van der Waals surface area (Å²) in [5.74, 6) is 4.76. The van der Waals surface area contributed by atoms with Gasteiger partial charge in [-0.05, 0) is 129 Å². The molecular formula is C31H40FN3O2. The molecule has 1 aromatic carbocycles. The Morgan fingerprint density at radius 3 is 2.16 bits per heavy atom. The van der Waals surface area contributed by atoms with E-state index >= 15 is 0 Å². The fourth-order valence-corrected chi connectivity index (χ4v) is 11.2. The van der Waals surface area contributed by atoms with E-state index in [0.29, 0.717) is 49.2 Å². The molecule has 0 saturated heterocycles. The molecule has 2 atom stereocenters. The molecule has 2 N–H and O–H groups in total. The Morgan fingerprint density at radius 2 is 1.46 bits per heavy atom. The zero-order chi connectivity index (χ0) is 24.9. The van der Waals surface area contributed by atoms with Gasteiger partial charge in [-0.3, -0.25) is 9.59 Å². The second-order valence-electron chi connectivity index (χ2n) is 14.5. The van der Waals surface area contributed by atoms with Gasteiger partial charge in [-0.15, -0.1) is 0 Å². The molecule has 0 aromatic heterocycles. The van der Waals surface area contributed by atoms with Crippen molar-refractivity contribution in [2.24, 2.45) is 41.4 Å². The largest absolute Gasteiger partial charge is 0.350 e. The molecule has 6 heteroatoms. The maximum atomic E-state index is 13.9. The lowest BCUT2D eigenvalue weighted by atomic mass is 9.49. The number of rotatable bonds is 5. The highest BCUT2D eigenvalue weighted by molar-refractivity contribution is 5.81. The molecule has 5 nitrogen and oxygen atoms in total. The molecule has 1 aromatic rings. The normalized spacial score (nSPS) is 44.4. The van der Waals surface area contributed by atoms with Crippen molar-refractivity contribution in [1.82, 2.24) is 15.5 Å². The van der Waals surface area contributed by atoms with Gasteiger partial charge in [-0.1, -0.05) is 6.07 Å². The summed E-state index contributed by atoms with van der Waals surface area (Å²) in [7, 11) is 0. The molecule has 8 aliphatic carbocycles. The van der Waals surface area contributed by atoms with Crippen LogP contribution in [-0.4, -0.2) is 34.3 Å². The van der Waals surface area contributed by atoms with Gasteiger partial charge in [-0.2, -0.15) is 0 Å². The summed E-state index contributed by atoms with van der Waals surface area (Å²) in [6, 6.07) is 4.85. The topological polar surface area (TPSA) is 61.4 Å². The smallest absolute Gasteiger partial charge is 0.237 e. The first-order valence-electron chi connectivity index (χ1n) is 15.0. The Labute approximate surface area is 219 Å². The molecular weight excluding hydrogens is 465 g/mol. The lowest BCUT2D eigenvalue weighted by Crippen LogP contribution is -2.70. The van der Waals surface area contributed by atoms with E-state index in [1.807, 2.05) is 4.90 Å². The van der Waals surface area contributed by atoms with E-state index in [2.05, 4.69) is 10.6 Å². The molecule has 8 bridgehead atoms. The van der Waals surface area contributed by atoms with Crippen LogP contribution in [0.5, 0.6) is 0 Å². The van der Waals surface area contributed by atoms with Crippen LogP contribution >= 0.6 is 0 Å². The number of fused-ring (bicyclic) bond motifs is 1. The van der Waals surface area contributed by atoms with Crippen LogP contribution in [0, 0.1) is 47.2 Å². The third-order valence-electron chi connectivity index (χ3n) is 11.8. The van der Waals surface area contributed by atoms with Gasteiger partial charge in [0.1, 0.15) is 5.82 Å². The number of benzene rings is 1. The standard InChI is InChI=1S/C31H40FN3O2/c32-26-2-1-22-15-35(16-25(22)9-26)27(36)14-33-30-10-20-4-21(11-30)13-31(12-20,17-30)34-29(37)28-23-5-18-3-19(7-23)8-24(28)6-18/h1-2,9,18-21,23-24,28,33H,3-8,10-17H2,(H,34,37). The van der Waals surface area contributed by atoms with E-state index in [0.717, 1.165) is 55.1 Å². The quantitative estimate of drug-likeness (QED) is 0.618. The number of halogens is 1. The second kappa shape index (κ2) is 8.03. The van der Waals surface area contributed by atoms with Gasteiger partial charge in [0, 0.05) is 30.1 Å². The average Bonchev–Trinajstić information content (AvgIpc) is 3.24. The Balaban J connectivity index is 0.950. The van der Waals surface area contributed by atoms with Crippen LogP contribution in [0.1, 0.15) is 81.8 Å². The van der Waals surface area contributed by atoms with Gasteiger partial charge >= 0.3 is 0 Å². The first kappa shape index (κ1) is 23.0. The molecule has 10 rings (SSSR count). The van der Waals surface area contributed by atoms with Crippen molar-refractivity contribution >= 4 is 11.8 Å². The Morgan fingerprint density at radius 1 is 0.838 bits per heavy atom. The molecule has 198 valence electrons. The monoisotopic (exact) mass is 505 g/mol. The van der Waals surface area contributed by atoms with Crippen molar-refractivity contribution in [2.45, 2.75) is 94.8 Å². The van der Waals surface area contributed by atoms with Gasteiger partial charge in [0.25, 0.3) is 0 Å². The van der Waals surface area contributed by atoms with Crippen LogP contribution in [0.15, 0.2) is 18.2 Å². The number of carbonyl (C=O) groups excluding carboxylic acids is 2. The lowest BCUT2D eigenvalue weighted by Gasteiger charge is -2.63. The molecule has 8 fully saturated rings. The first-order valence-corrected chi connectivity index (χ1v) is 15.0. The van der Waals surface area contributed by atoms with Crippen LogP contribution < -0.4 is 10.6 Å². The Bertz CT molecular complexity index is 1110. The molecule has 37 heavy (non-hydrogen) atoms. The predicted molar refractivity (Wildman–Crippen MR) is 137 cm³/mol. The van der Waals surface area contributed by atoms with Crippen molar-refractivity contribution in [3.8, 4) is 0 Å². The van der Waals surface area contributed by atoms with Gasteiger partial charge in [0.05, 0.1) is 6.54 Å². The molecule has 2 unspecified atom stereocenters. The van der Waals surface area contributed by atoms with Crippen molar-refractivity contribution in [1.29, 1.82) is 0 Å². The fourth-order valence-electron chi connectivity index (χ4n) is 11.2.